The number of aromatic nitrogens is 5. The maximum absolute atomic E-state index is 15.3. The van der Waals surface area contributed by atoms with E-state index in [4.69, 9.17) is 11.6 Å². The highest BCUT2D eigenvalue weighted by molar-refractivity contribution is 6.33. The second-order valence-electron chi connectivity index (χ2n) is 10.3. The average molecular weight is 565 g/mol. The molecule has 3 aromatic heterocycles. The number of hydrogen-bond donors (Lipinski definition) is 2. The number of halogens is 2. The predicted octanol–water partition coefficient (Wildman–Crippen LogP) is 4.37. The molecular formula is C28H30ClFN8O2. The van der Waals surface area contributed by atoms with Gasteiger partial charge in [-0.1, -0.05) is 18.5 Å². The van der Waals surface area contributed by atoms with E-state index in [-0.39, 0.29) is 17.3 Å². The molecule has 0 unspecified atom stereocenters. The molecule has 0 aliphatic carbocycles. The van der Waals surface area contributed by atoms with Gasteiger partial charge in [0.05, 0.1) is 22.2 Å². The first-order valence-electron chi connectivity index (χ1n) is 13.5. The molecule has 40 heavy (non-hydrogen) atoms. The standard InChI is InChI=1S/C28H30ClFN8O2/c1-2-17-12-31-28(32-13-17)36-8-5-19(6-9-36)38-15-22(30)24-25(33-16-34-26(24)38)35-23-4-3-18(11-21(23)29)27(40)37-10-7-20(39)14-37/h3-4,11-13,15-16,19-20,39H,2,5-10,14H2,1H3,(H,33,34,35)/t20-/m1/s1. The van der Waals surface area contributed by atoms with Crippen LogP contribution in [0.3, 0.4) is 0 Å². The third-order valence-corrected chi connectivity index (χ3v) is 8.04. The second kappa shape index (κ2) is 11.0. The number of β-amino-alcohol motifs (C(OH)–C–C–N with tert-alkyl or cyclic N) is 1. The third kappa shape index (κ3) is 5.06. The van der Waals surface area contributed by atoms with E-state index >= 15 is 4.39 Å². The highest BCUT2D eigenvalue weighted by atomic mass is 35.5. The summed E-state index contributed by atoms with van der Waals surface area (Å²) in [5, 5.41) is 13.5. The molecule has 2 aliphatic heterocycles. The molecule has 10 nitrogen and oxygen atoms in total. The number of likely N-dealkylation sites (tertiary alicyclic amines) is 1. The molecule has 2 fully saturated rings. The van der Waals surface area contributed by atoms with Crippen LogP contribution in [0, 0.1) is 5.82 Å². The minimum absolute atomic E-state index is 0.0684. The van der Waals surface area contributed by atoms with E-state index in [1.165, 1.54) is 12.5 Å². The number of fused-ring (bicyclic) bond motifs is 1. The van der Waals surface area contributed by atoms with E-state index in [1.54, 1.807) is 23.1 Å². The summed E-state index contributed by atoms with van der Waals surface area (Å²) in [7, 11) is 0. The Bertz CT molecular complexity index is 1540. The summed E-state index contributed by atoms with van der Waals surface area (Å²) < 4.78 is 17.2. The zero-order chi connectivity index (χ0) is 27.8. The van der Waals surface area contributed by atoms with Crippen LogP contribution in [-0.4, -0.2) is 72.7 Å². The Morgan fingerprint density at radius 3 is 2.58 bits per heavy atom. The van der Waals surface area contributed by atoms with Gasteiger partial charge in [-0.2, -0.15) is 0 Å². The molecule has 12 heteroatoms. The van der Waals surface area contributed by atoms with Crippen molar-refractivity contribution in [3.63, 3.8) is 0 Å². The van der Waals surface area contributed by atoms with Gasteiger partial charge in [0.15, 0.2) is 5.82 Å². The van der Waals surface area contributed by atoms with E-state index < -0.39 is 11.9 Å². The monoisotopic (exact) mass is 564 g/mol. The normalized spacial score (nSPS) is 18.1. The van der Waals surface area contributed by atoms with Crippen molar-refractivity contribution in [2.45, 2.75) is 44.8 Å². The highest BCUT2D eigenvalue weighted by Gasteiger charge is 2.27. The van der Waals surface area contributed by atoms with Gasteiger partial charge in [-0.15, -0.1) is 0 Å². The van der Waals surface area contributed by atoms with Crippen molar-refractivity contribution in [1.29, 1.82) is 0 Å². The van der Waals surface area contributed by atoms with Crippen LogP contribution in [0.2, 0.25) is 5.02 Å². The Labute approximate surface area is 235 Å². The molecule has 4 aromatic rings. The minimum atomic E-state index is -0.498. The molecule has 208 valence electrons. The Balaban J connectivity index is 1.19. The summed E-state index contributed by atoms with van der Waals surface area (Å²) in [6.07, 6.45) is 9.19. The number of benzene rings is 1. The molecule has 5 heterocycles. The Kier molecular flexibility index (Phi) is 7.24. The summed E-state index contributed by atoms with van der Waals surface area (Å²) in [5.41, 5.74) is 2.53. The summed E-state index contributed by atoms with van der Waals surface area (Å²) >= 11 is 6.52. The Morgan fingerprint density at radius 1 is 1.12 bits per heavy atom. The van der Waals surface area contributed by atoms with Crippen LogP contribution in [0.4, 0.5) is 21.8 Å². The van der Waals surface area contributed by atoms with Crippen LogP contribution in [0.1, 0.15) is 48.1 Å². The van der Waals surface area contributed by atoms with E-state index in [1.807, 2.05) is 17.0 Å². The first-order valence-corrected chi connectivity index (χ1v) is 13.9. The second-order valence-corrected chi connectivity index (χ2v) is 10.7. The van der Waals surface area contributed by atoms with Crippen molar-refractivity contribution in [2.75, 3.05) is 36.4 Å². The first kappa shape index (κ1) is 26.4. The molecule has 1 aromatic carbocycles. The van der Waals surface area contributed by atoms with Crippen molar-refractivity contribution in [3.05, 3.63) is 65.1 Å². The first-order chi connectivity index (χ1) is 19.4. The third-order valence-electron chi connectivity index (χ3n) is 7.72. The molecule has 6 rings (SSSR count). The van der Waals surface area contributed by atoms with Crippen LogP contribution in [-0.2, 0) is 6.42 Å². The lowest BCUT2D eigenvalue weighted by atomic mass is 10.1. The number of rotatable bonds is 6. The molecule has 2 N–H and O–H groups in total. The van der Waals surface area contributed by atoms with Gasteiger partial charge in [0.25, 0.3) is 5.91 Å². The van der Waals surface area contributed by atoms with Crippen molar-refractivity contribution >= 4 is 46.0 Å². The maximum Gasteiger partial charge on any atom is 0.253 e. The van der Waals surface area contributed by atoms with Crippen molar-refractivity contribution < 1.29 is 14.3 Å². The number of carbonyl (C=O) groups excluding carboxylic acids is 1. The van der Waals surface area contributed by atoms with E-state index in [9.17, 15) is 9.90 Å². The lowest BCUT2D eigenvalue weighted by molar-refractivity contribution is 0.0765. The van der Waals surface area contributed by atoms with Gasteiger partial charge in [-0.25, -0.2) is 24.3 Å². The van der Waals surface area contributed by atoms with Gasteiger partial charge in [0.2, 0.25) is 5.95 Å². The lowest BCUT2D eigenvalue weighted by Crippen LogP contribution is -2.35. The van der Waals surface area contributed by atoms with Crippen LogP contribution in [0.15, 0.2) is 43.1 Å². The fraction of sp³-hybridized carbons (Fsp3) is 0.393. The lowest BCUT2D eigenvalue weighted by Gasteiger charge is -2.32. The number of aliphatic hydroxyl groups excluding tert-OH is 1. The Morgan fingerprint density at radius 2 is 1.90 bits per heavy atom. The number of aryl methyl sites for hydroxylation is 1. The minimum Gasteiger partial charge on any atom is -0.391 e. The van der Waals surface area contributed by atoms with Crippen molar-refractivity contribution in [1.82, 2.24) is 29.4 Å². The van der Waals surface area contributed by atoms with Gasteiger partial charge < -0.3 is 24.8 Å². The molecule has 0 saturated carbocycles. The van der Waals surface area contributed by atoms with Crippen molar-refractivity contribution in [3.8, 4) is 0 Å². The Hall–Kier alpha value is -3.83. The fourth-order valence-electron chi connectivity index (χ4n) is 5.44. The topological polar surface area (TPSA) is 112 Å². The quantitative estimate of drug-likeness (QED) is 0.355. The molecule has 1 amide bonds. The fourth-order valence-corrected chi connectivity index (χ4v) is 5.66. The maximum atomic E-state index is 15.3. The van der Waals surface area contributed by atoms with Crippen molar-refractivity contribution in [2.24, 2.45) is 0 Å². The number of amides is 1. The van der Waals surface area contributed by atoms with Gasteiger partial charge >= 0.3 is 0 Å². The predicted molar refractivity (Wildman–Crippen MR) is 151 cm³/mol. The molecule has 2 aliphatic rings. The van der Waals surface area contributed by atoms with Gasteiger partial charge in [-0.3, -0.25) is 4.79 Å². The summed E-state index contributed by atoms with van der Waals surface area (Å²) in [4.78, 5) is 34.2. The van der Waals surface area contributed by atoms with Gasteiger partial charge in [-0.05, 0) is 49.4 Å². The smallest absolute Gasteiger partial charge is 0.253 e. The SMILES string of the molecule is CCc1cnc(N2CCC(n3cc(F)c4c(Nc5ccc(C(=O)N6CC[C@@H](O)C6)cc5Cl)ncnc43)CC2)nc1. The molecule has 0 radical (unpaired) electrons. The summed E-state index contributed by atoms with van der Waals surface area (Å²) in [6, 6.07) is 4.98. The number of piperidine rings is 1. The molecular weight excluding hydrogens is 535 g/mol. The van der Waals surface area contributed by atoms with Crippen LogP contribution >= 0.6 is 11.6 Å². The van der Waals surface area contributed by atoms with Gasteiger partial charge in [0.1, 0.15) is 17.8 Å². The number of aliphatic hydroxyl groups is 1. The summed E-state index contributed by atoms with van der Waals surface area (Å²) in [5.74, 6) is 0.407. The number of nitrogens with zero attached hydrogens (tertiary/aromatic N) is 7. The van der Waals surface area contributed by atoms with Crippen LogP contribution in [0.5, 0.6) is 0 Å². The number of anilines is 3. The molecule has 0 bridgehead atoms. The number of carbonyl (C=O) groups is 1. The van der Waals surface area contributed by atoms with Gasteiger partial charge in [0, 0.05) is 56.4 Å². The summed E-state index contributed by atoms with van der Waals surface area (Å²) in [6.45, 7) is 4.40. The zero-order valence-electron chi connectivity index (χ0n) is 22.1. The van der Waals surface area contributed by atoms with Crippen LogP contribution in [0.25, 0.3) is 11.0 Å². The number of nitrogens with one attached hydrogen (secondary N) is 1. The average Bonchev–Trinajstić information content (AvgIpc) is 3.57. The van der Waals surface area contributed by atoms with Crippen LogP contribution < -0.4 is 10.2 Å². The van der Waals surface area contributed by atoms with E-state index in [0.29, 0.717) is 47.2 Å². The van der Waals surface area contributed by atoms with E-state index in [0.717, 1.165) is 43.9 Å². The highest BCUT2D eigenvalue weighted by Crippen LogP contribution is 2.34. The van der Waals surface area contributed by atoms with E-state index in [2.05, 4.69) is 37.1 Å². The largest absolute Gasteiger partial charge is 0.391 e. The molecule has 2 saturated heterocycles. The molecule has 1 atom stereocenters. The molecule has 0 spiro atoms. The zero-order valence-corrected chi connectivity index (χ0v) is 22.9. The number of hydrogen-bond acceptors (Lipinski definition) is 8.